The number of hydrogen-bond donors (Lipinski definition) is 0. The van der Waals surface area contributed by atoms with Crippen LogP contribution in [0.4, 0.5) is 0 Å². The quantitative estimate of drug-likeness (QED) is 0.0867. The zero-order valence-corrected chi connectivity index (χ0v) is 21.6. The van der Waals surface area contributed by atoms with Crippen molar-refractivity contribution in [3.05, 3.63) is 24.3 Å². The first-order valence-corrected chi connectivity index (χ1v) is 12.8. The van der Waals surface area contributed by atoms with E-state index in [-0.39, 0.29) is 26.2 Å². The van der Waals surface area contributed by atoms with Gasteiger partial charge in [0.15, 0.2) is 12.6 Å². The minimum absolute atomic E-state index is 0.0892. The predicted molar refractivity (Wildman–Crippen MR) is 132 cm³/mol. The molecular formula is C26H50O7. The molecule has 0 amide bonds. The number of ether oxygens (including phenoxy) is 7. The van der Waals surface area contributed by atoms with E-state index in [0.717, 1.165) is 51.4 Å². The van der Waals surface area contributed by atoms with Gasteiger partial charge < -0.3 is 33.2 Å². The Morgan fingerprint density at radius 2 is 0.848 bits per heavy atom. The molecule has 0 fully saturated rings. The van der Waals surface area contributed by atoms with Gasteiger partial charge in [0, 0.05) is 52.5 Å². The van der Waals surface area contributed by atoms with Crippen LogP contribution in [0.2, 0.25) is 0 Å². The fourth-order valence-corrected chi connectivity index (χ4v) is 2.99. The molecule has 0 spiro atoms. The van der Waals surface area contributed by atoms with Gasteiger partial charge in [0.1, 0.15) is 13.6 Å². The van der Waals surface area contributed by atoms with Crippen molar-refractivity contribution < 1.29 is 33.2 Å². The van der Waals surface area contributed by atoms with Gasteiger partial charge in [-0.25, -0.2) is 0 Å². The van der Waals surface area contributed by atoms with E-state index in [9.17, 15) is 0 Å². The first-order valence-electron chi connectivity index (χ1n) is 12.8. The Morgan fingerprint density at radius 1 is 0.485 bits per heavy atom. The smallest absolute Gasteiger partial charge is 0.157 e. The van der Waals surface area contributed by atoms with Crippen LogP contribution < -0.4 is 0 Å². The van der Waals surface area contributed by atoms with Gasteiger partial charge in [-0.15, -0.1) is 0 Å². The fraction of sp³-hybridized carbons (Fsp3) is 0.846. The molecule has 0 aliphatic carbocycles. The van der Waals surface area contributed by atoms with Crippen LogP contribution in [-0.2, 0) is 33.2 Å². The molecule has 0 aliphatic rings. The molecule has 0 saturated heterocycles. The maximum Gasteiger partial charge on any atom is 0.157 e. The summed E-state index contributed by atoms with van der Waals surface area (Å²) < 4.78 is 38.4. The normalized spacial score (nSPS) is 12.3. The highest BCUT2D eigenvalue weighted by molar-refractivity contribution is 4.82. The summed E-state index contributed by atoms with van der Waals surface area (Å²) in [5, 5.41) is 0. The van der Waals surface area contributed by atoms with E-state index in [1.807, 2.05) is 27.7 Å². The Hall–Kier alpha value is -0.800. The molecule has 0 unspecified atom stereocenters. The third-order valence-corrected chi connectivity index (χ3v) is 4.53. The lowest BCUT2D eigenvalue weighted by Gasteiger charge is -2.15. The third-order valence-electron chi connectivity index (χ3n) is 4.53. The molecule has 0 aromatic heterocycles. The Bertz CT molecular complexity index is 379. The van der Waals surface area contributed by atoms with Gasteiger partial charge in [0.25, 0.3) is 0 Å². The highest BCUT2D eigenvalue weighted by atomic mass is 16.7. The maximum absolute atomic E-state index is 5.53. The van der Waals surface area contributed by atoms with Crippen LogP contribution in [0.3, 0.4) is 0 Å². The van der Waals surface area contributed by atoms with Crippen LogP contribution in [-0.4, -0.2) is 65.8 Å². The topological polar surface area (TPSA) is 64.6 Å². The van der Waals surface area contributed by atoms with Gasteiger partial charge in [-0.3, -0.25) is 0 Å². The van der Waals surface area contributed by atoms with E-state index >= 15 is 0 Å². The van der Waals surface area contributed by atoms with Crippen molar-refractivity contribution in [2.75, 3.05) is 53.2 Å². The number of unbranched alkanes of at least 4 members (excludes halogenated alkanes) is 2. The Kier molecular flexibility index (Phi) is 26.8. The third kappa shape index (κ3) is 24.1. The van der Waals surface area contributed by atoms with Crippen LogP contribution in [0.25, 0.3) is 0 Å². The van der Waals surface area contributed by atoms with E-state index < -0.39 is 0 Å². The fourth-order valence-electron chi connectivity index (χ4n) is 2.99. The maximum atomic E-state index is 5.53. The molecule has 7 nitrogen and oxygen atoms in total. The second kappa shape index (κ2) is 27.4. The van der Waals surface area contributed by atoms with E-state index in [0.29, 0.717) is 39.6 Å². The molecule has 0 rings (SSSR count). The second-order valence-corrected chi connectivity index (χ2v) is 7.32. The van der Waals surface area contributed by atoms with Crippen molar-refractivity contribution in [2.24, 2.45) is 0 Å². The summed E-state index contributed by atoms with van der Waals surface area (Å²) in [7, 11) is 0. The summed E-state index contributed by atoms with van der Waals surface area (Å²) in [6.07, 6.45) is 16.2. The monoisotopic (exact) mass is 474 g/mol. The van der Waals surface area contributed by atoms with E-state index in [1.54, 1.807) is 0 Å². The summed E-state index contributed by atoms with van der Waals surface area (Å²) >= 11 is 0. The molecule has 33 heavy (non-hydrogen) atoms. The Morgan fingerprint density at radius 3 is 1.21 bits per heavy atom. The molecule has 0 radical (unpaired) electrons. The standard InChI is InChI=1S/C26H50O7/c1-5-30-25(31-6-2)19-15-11-9-13-17-21-27-23-29-24-28-22-18-14-10-12-16-20-26(32-7-3)33-8-4/h9-12,25-26H,5-8,13-24H2,1-4H3. The molecular weight excluding hydrogens is 424 g/mol. The van der Waals surface area contributed by atoms with E-state index in [2.05, 4.69) is 24.3 Å². The minimum atomic E-state index is -0.0892. The number of allylic oxidation sites excluding steroid dienone is 4. The second-order valence-electron chi connectivity index (χ2n) is 7.32. The first kappa shape index (κ1) is 32.2. The lowest BCUT2D eigenvalue weighted by Crippen LogP contribution is -2.16. The van der Waals surface area contributed by atoms with E-state index in [1.165, 1.54) is 0 Å². The number of hydrogen-bond acceptors (Lipinski definition) is 7. The van der Waals surface area contributed by atoms with Gasteiger partial charge in [0.2, 0.25) is 0 Å². The van der Waals surface area contributed by atoms with Gasteiger partial charge in [-0.1, -0.05) is 24.3 Å². The van der Waals surface area contributed by atoms with Crippen LogP contribution in [0.15, 0.2) is 24.3 Å². The number of rotatable bonds is 26. The average molecular weight is 475 g/mol. The first-order chi connectivity index (χ1) is 16.3. The molecule has 0 atom stereocenters. The van der Waals surface area contributed by atoms with Crippen molar-refractivity contribution >= 4 is 0 Å². The van der Waals surface area contributed by atoms with Gasteiger partial charge >= 0.3 is 0 Å². The highest BCUT2D eigenvalue weighted by Crippen LogP contribution is 2.07. The van der Waals surface area contributed by atoms with Crippen LogP contribution in [0.1, 0.15) is 79.1 Å². The van der Waals surface area contributed by atoms with Crippen molar-refractivity contribution in [3.63, 3.8) is 0 Å². The summed E-state index contributed by atoms with van der Waals surface area (Å²) in [6, 6.07) is 0. The van der Waals surface area contributed by atoms with Crippen molar-refractivity contribution in [1.29, 1.82) is 0 Å². The zero-order valence-electron chi connectivity index (χ0n) is 21.6. The molecule has 7 heteroatoms. The minimum Gasteiger partial charge on any atom is -0.355 e. The highest BCUT2D eigenvalue weighted by Gasteiger charge is 2.06. The van der Waals surface area contributed by atoms with Crippen molar-refractivity contribution in [1.82, 2.24) is 0 Å². The molecule has 0 heterocycles. The predicted octanol–water partition coefficient (Wildman–Crippen LogP) is 5.98. The molecule has 0 aromatic rings. The summed E-state index contributed by atoms with van der Waals surface area (Å²) in [5.74, 6) is 0. The largest absolute Gasteiger partial charge is 0.355 e. The van der Waals surface area contributed by atoms with Crippen LogP contribution >= 0.6 is 0 Å². The molecule has 0 aromatic carbocycles. The van der Waals surface area contributed by atoms with Crippen LogP contribution in [0.5, 0.6) is 0 Å². The molecule has 0 N–H and O–H groups in total. The van der Waals surface area contributed by atoms with Gasteiger partial charge in [-0.05, 0) is 66.2 Å². The molecule has 0 saturated carbocycles. The van der Waals surface area contributed by atoms with Crippen molar-refractivity contribution in [2.45, 2.75) is 91.6 Å². The van der Waals surface area contributed by atoms with Crippen LogP contribution in [0, 0.1) is 0 Å². The summed E-state index contributed by atoms with van der Waals surface area (Å²) in [5.41, 5.74) is 0. The molecule has 0 aliphatic heterocycles. The Labute approximate surface area is 202 Å². The summed E-state index contributed by atoms with van der Waals surface area (Å²) in [6.45, 7) is 12.6. The average Bonchev–Trinajstić information content (AvgIpc) is 2.81. The van der Waals surface area contributed by atoms with Gasteiger partial charge in [0.05, 0.1) is 0 Å². The molecule has 196 valence electrons. The summed E-state index contributed by atoms with van der Waals surface area (Å²) in [4.78, 5) is 0. The van der Waals surface area contributed by atoms with E-state index in [4.69, 9.17) is 33.2 Å². The van der Waals surface area contributed by atoms with Crippen molar-refractivity contribution in [3.8, 4) is 0 Å². The SMILES string of the molecule is CCOC(CCC=CCCCOCOCOCCCC=CCCC(OCC)OCC)OCC. The molecule has 0 bridgehead atoms. The lowest BCUT2D eigenvalue weighted by molar-refractivity contribution is -0.139. The lowest BCUT2D eigenvalue weighted by atomic mass is 10.2. The Balaban J connectivity index is 3.36. The van der Waals surface area contributed by atoms with Gasteiger partial charge in [-0.2, -0.15) is 0 Å². The zero-order chi connectivity index (χ0) is 24.2.